The molecule has 0 aliphatic rings. The quantitative estimate of drug-likeness (QED) is 0.287. The van der Waals surface area contributed by atoms with Gasteiger partial charge in [-0.15, -0.1) is 0 Å². The van der Waals surface area contributed by atoms with Crippen molar-refractivity contribution in [2.75, 3.05) is 5.32 Å². The number of anilines is 1. The maximum Gasteiger partial charge on any atom is 0.339 e. The highest BCUT2D eigenvalue weighted by Crippen LogP contribution is 2.25. The van der Waals surface area contributed by atoms with E-state index in [1.807, 2.05) is 26.8 Å². The van der Waals surface area contributed by atoms with Gasteiger partial charge in [-0.1, -0.05) is 6.07 Å². The summed E-state index contributed by atoms with van der Waals surface area (Å²) in [5.74, 6) is 0.278. The summed E-state index contributed by atoms with van der Waals surface area (Å²) in [6.07, 6.45) is 0.0337. The Morgan fingerprint density at radius 1 is 1.00 bits per heavy atom. The molecule has 0 aliphatic carbocycles. The largest absolute Gasteiger partial charge is 0.491 e. The van der Waals surface area contributed by atoms with Crippen molar-refractivity contribution in [1.82, 2.24) is 0 Å². The average Bonchev–Trinajstić information content (AvgIpc) is 2.75. The molecule has 9 nitrogen and oxygen atoms in total. The van der Waals surface area contributed by atoms with E-state index in [0.29, 0.717) is 11.4 Å². The lowest BCUT2D eigenvalue weighted by molar-refractivity contribution is -0.385. The summed E-state index contributed by atoms with van der Waals surface area (Å²) in [6, 6.07) is 15.4. The smallest absolute Gasteiger partial charge is 0.339 e. The third-order valence-electron chi connectivity index (χ3n) is 4.46. The molecule has 0 atom stereocenters. The van der Waals surface area contributed by atoms with Crippen LogP contribution in [0, 0.1) is 17.0 Å². The molecule has 0 fully saturated rings. The van der Waals surface area contributed by atoms with E-state index in [0.717, 1.165) is 11.6 Å². The fourth-order valence-electron chi connectivity index (χ4n) is 2.91. The average molecular weight is 471 g/mol. The molecule has 3 rings (SSSR count). The predicted molar refractivity (Wildman–Crippen MR) is 122 cm³/mol. The SMILES string of the molecule is Cc1cc(OC(C)C)ccc1NC(=O)c1ccc(OS(=O)(=O)c2cccc([N+](=O)[O-])c2)cc1. The van der Waals surface area contributed by atoms with Crippen LogP contribution in [-0.4, -0.2) is 25.4 Å². The van der Waals surface area contributed by atoms with Crippen LogP contribution in [-0.2, 0) is 10.1 Å². The Morgan fingerprint density at radius 3 is 2.27 bits per heavy atom. The second-order valence-corrected chi connectivity index (χ2v) is 8.96. The molecule has 1 N–H and O–H groups in total. The number of aryl methyl sites for hydroxylation is 1. The standard InChI is InChI=1S/C23H22N2O7S/c1-15(2)31-20-11-12-22(16(3)13-20)24-23(26)17-7-9-19(10-8-17)32-33(29,30)21-6-4-5-18(14-21)25(27)28/h4-15H,1-3H3,(H,24,26). The van der Waals surface area contributed by atoms with Crippen molar-refractivity contribution in [3.63, 3.8) is 0 Å². The highest BCUT2D eigenvalue weighted by atomic mass is 32.2. The van der Waals surface area contributed by atoms with Gasteiger partial charge in [0, 0.05) is 23.4 Å². The number of nitro groups is 1. The third kappa shape index (κ3) is 6.07. The van der Waals surface area contributed by atoms with Crippen molar-refractivity contribution in [1.29, 1.82) is 0 Å². The summed E-state index contributed by atoms with van der Waals surface area (Å²) in [4.78, 5) is 22.4. The van der Waals surface area contributed by atoms with Crippen LogP contribution < -0.4 is 14.2 Å². The monoisotopic (exact) mass is 470 g/mol. The van der Waals surface area contributed by atoms with E-state index < -0.39 is 15.0 Å². The Morgan fingerprint density at radius 2 is 1.67 bits per heavy atom. The Labute approximate surface area is 191 Å². The first-order valence-corrected chi connectivity index (χ1v) is 11.3. The van der Waals surface area contributed by atoms with Crippen molar-refractivity contribution in [2.24, 2.45) is 0 Å². The van der Waals surface area contributed by atoms with Crippen molar-refractivity contribution in [3.8, 4) is 11.5 Å². The van der Waals surface area contributed by atoms with Crippen LogP contribution >= 0.6 is 0 Å². The maximum atomic E-state index is 12.6. The van der Waals surface area contributed by atoms with Crippen LogP contribution in [0.5, 0.6) is 11.5 Å². The minimum atomic E-state index is -4.29. The zero-order chi connectivity index (χ0) is 24.2. The summed E-state index contributed by atoms with van der Waals surface area (Å²) in [5.41, 5.74) is 1.36. The topological polar surface area (TPSA) is 125 Å². The molecule has 10 heteroatoms. The number of nitrogens with zero attached hydrogens (tertiary/aromatic N) is 1. The Bertz CT molecular complexity index is 1290. The van der Waals surface area contributed by atoms with Gasteiger partial charge >= 0.3 is 10.1 Å². The normalized spacial score (nSPS) is 11.2. The fraction of sp³-hybridized carbons (Fsp3) is 0.174. The minimum absolute atomic E-state index is 0.0337. The van der Waals surface area contributed by atoms with Crippen molar-refractivity contribution in [3.05, 3.63) is 88.0 Å². The highest BCUT2D eigenvalue weighted by Gasteiger charge is 2.20. The molecule has 0 radical (unpaired) electrons. The summed E-state index contributed by atoms with van der Waals surface area (Å²) >= 11 is 0. The maximum absolute atomic E-state index is 12.6. The minimum Gasteiger partial charge on any atom is -0.491 e. The molecule has 33 heavy (non-hydrogen) atoms. The molecule has 0 aliphatic heterocycles. The van der Waals surface area contributed by atoms with Gasteiger partial charge in [0.25, 0.3) is 11.6 Å². The van der Waals surface area contributed by atoms with Crippen LogP contribution in [0.25, 0.3) is 0 Å². The summed E-state index contributed by atoms with van der Waals surface area (Å²) in [6.45, 7) is 5.69. The number of carbonyl (C=O) groups is 1. The summed E-state index contributed by atoms with van der Waals surface area (Å²) in [7, 11) is -4.29. The van der Waals surface area contributed by atoms with Gasteiger partial charge in [-0.05, 0) is 74.9 Å². The Hall–Kier alpha value is -3.92. The molecule has 0 spiro atoms. The van der Waals surface area contributed by atoms with Crippen LogP contribution in [0.1, 0.15) is 29.8 Å². The second-order valence-electron chi connectivity index (χ2n) is 7.41. The van der Waals surface area contributed by atoms with E-state index >= 15 is 0 Å². The van der Waals surface area contributed by atoms with E-state index in [9.17, 15) is 23.3 Å². The first-order valence-electron chi connectivity index (χ1n) is 9.93. The summed E-state index contributed by atoms with van der Waals surface area (Å²) in [5, 5.41) is 13.7. The first kappa shape index (κ1) is 23.7. The number of nitro benzene ring substituents is 1. The molecular weight excluding hydrogens is 448 g/mol. The van der Waals surface area contributed by atoms with Gasteiger partial charge in [0.1, 0.15) is 16.4 Å². The molecule has 0 unspecified atom stereocenters. The molecule has 0 bridgehead atoms. The van der Waals surface area contributed by atoms with Crippen molar-refractivity contribution < 1.29 is 27.1 Å². The van der Waals surface area contributed by atoms with E-state index in [4.69, 9.17) is 8.92 Å². The van der Waals surface area contributed by atoms with Gasteiger partial charge in [-0.25, -0.2) is 0 Å². The fourth-order valence-corrected chi connectivity index (χ4v) is 3.88. The van der Waals surface area contributed by atoms with Gasteiger partial charge < -0.3 is 14.2 Å². The van der Waals surface area contributed by atoms with Crippen LogP contribution in [0.15, 0.2) is 71.6 Å². The number of amides is 1. The number of ether oxygens (including phenoxy) is 1. The van der Waals surface area contributed by atoms with Gasteiger partial charge in [0.05, 0.1) is 11.0 Å². The number of rotatable bonds is 8. The Kier molecular flexibility index (Phi) is 6.98. The molecule has 172 valence electrons. The number of nitrogens with one attached hydrogen (secondary N) is 1. The zero-order valence-electron chi connectivity index (χ0n) is 18.1. The lowest BCUT2D eigenvalue weighted by Crippen LogP contribution is -2.13. The van der Waals surface area contributed by atoms with Crippen LogP contribution in [0.2, 0.25) is 0 Å². The van der Waals surface area contributed by atoms with Crippen molar-refractivity contribution in [2.45, 2.75) is 31.8 Å². The molecule has 1 amide bonds. The Balaban J connectivity index is 1.70. The lowest BCUT2D eigenvalue weighted by Gasteiger charge is -2.13. The van der Waals surface area contributed by atoms with E-state index in [-0.39, 0.29) is 33.9 Å². The molecule has 0 saturated heterocycles. The second kappa shape index (κ2) is 9.70. The van der Waals surface area contributed by atoms with Crippen LogP contribution in [0.4, 0.5) is 11.4 Å². The van der Waals surface area contributed by atoms with E-state index in [2.05, 4.69) is 5.32 Å². The van der Waals surface area contributed by atoms with E-state index in [1.165, 1.54) is 42.5 Å². The van der Waals surface area contributed by atoms with E-state index in [1.54, 1.807) is 12.1 Å². The molecule has 3 aromatic carbocycles. The number of hydrogen-bond donors (Lipinski definition) is 1. The highest BCUT2D eigenvalue weighted by molar-refractivity contribution is 7.87. The first-order chi connectivity index (χ1) is 15.5. The van der Waals surface area contributed by atoms with Gasteiger partial charge in [0.2, 0.25) is 0 Å². The molecule has 0 saturated carbocycles. The summed E-state index contributed by atoms with van der Waals surface area (Å²) < 4.78 is 35.5. The lowest BCUT2D eigenvalue weighted by atomic mass is 10.1. The number of non-ortho nitro benzene ring substituents is 1. The zero-order valence-corrected chi connectivity index (χ0v) is 19.0. The molecule has 0 aromatic heterocycles. The van der Waals surface area contributed by atoms with Gasteiger partial charge in [0.15, 0.2) is 0 Å². The number of benzene rings is 3. The molecule has 0 heterocycles. The van der Waals surface area contributed by atoms with Gasteiger partial charge in [-0.2, -0.15) is 8.42 Å². The van der Waals surface area contributed by atoms with Gasteiger partial charge in [-0.3, -0.25) is 14.9 Å². The van der Waals surface area contributed by atoms with Crippen LogP contribution in [0.3, 0.4) is 0 Å². The van der Waals surface area contributed by atoms with Crippen molar-refractivity contribution >= 4 is 27.4 Å². The molecule has 3 aromatic rings. The predicted octanol–water partition coefficient (Wildman–Crippen LogP) is 4.71. The molecular formula is C23H22N2O7S. The third-order valence-corrected chi connectivity index (χ3v) is 5.70. The number of hydrogen-bond acceptors (Lipinski definition) is 7. The number of carbonyl (C=O) groups excluding carboxylic acids is 1.